The van der Waals surface area contributed by atoms with Crippen molar-refractivity contribution in [1.29, 1.82) is 5.26 Å². The number of nitrogens with one attached hydrogen (secondary N) is 1. The fourth-order valence-electron chi connectivity index (χ4n) is 2.75. The first-order valence-electron chi connectivity index (χ1n) is 8.31. The van der Waals surface area contributed by atoms with Gasteiger partial charge in [0.25, 0.3) is 0 Å². The zero-order valence-electron chi connectivity index (χ0n) is 14.5. The number of hydrogen-bond donors (Lipinski definition) is 1. The molecular weight excluding hydrogens is 338 g/mol. The Labute approximate surface area is 156 Å². The lowest BCUT2D eigenvalue weighted by molar-refractivity contribution is 0.415. The molecule has 0 fully saturated rings. The van der Waals surface area contributed by atoms with Crippen LogP contribution in [0.3, 0.4) is 0 Å². The maximum Gasteiger partial charge on any atom is 0.165 e. The van der Waals surface area contributed by atoms with Crippen molar-refractivity contribution in [2.75, 3.05) is 12.4 Å². The number of nitriles is 1. The van der Waals surface area contributed by atoms with E-state index in [9.17, 15) is 0 Å². The topological polar surface area (TPSA) is 83.7 Å². The van der Waals surface area contributed by atoms with Crippen LogP contribution in [-0.2, 0) is 0 Å². The number of nitrogens with zero attached hydrogens (tertiary/aromatic N) is 4. The minimum atomic E-state index is 0.541. The van der Waals surface area contributed by atoms with Gasteiger partial charge in [0.1, 0.15) is 11.6 Å². The third-order valence-electron chi connectivity index (χ3n) is 4.05. The Morgan fingerprint density at radius 1 is 1.00 bits per heavy atom. The summed E-state index contributed by atoms with van der Waals surface area (Å²) in [5, 5.41) is 13.2. The number of benzene rings is 2. The minimum Gasteiger partial charge on any atom is -0.497 e. The number of aromatic nitrogens is 3. The summed E-state index contributed by atoms with van der Waals surface area (Å²) < 4.78 is 5.30. The summed E-state index contributed by atoms with van der Waals surface area (Å²) in [6.45, 7) is 0. The zero-order valence-corrected chi connectivity index (χ0v) is 14.5. The molecule has 6 heteroatoms. The first-order valence-corrected chi connectivity index (χ1v) is 8.31. The molecule has 0 radical (unpaired) electrons. The molecule has 0 amide bonds. The molecule has 0 saturated heterocycles. The molecule has 0 unspecified atom stereocenters. The Hall–Kier alpha value is -3.98. The van der Waals surface area contributed by atoms with Crippen LogP contribution in [0, 0.1) is 11.3 Å². The molecule has 2 heterocycles. The van der Waals surface area contributed by atoms with Gasteiger partial charge in [-0.1, -0.05) is 18.2 Å². The maximum absolute atomic E-state index is 9.12. The highest BCUT2D eigenvalue weighted by atomic mass is 16.5. The normalized spacial score (nSPS) is 10.4. The first-order chi connectivity index (χ1) is 13.3. The van der Waals surface area contributed by atoms with E-state index in [1.807, 2.05) is 48.5 Å². The zero-order chi connectivity index (χ0) is 18.6. The fraction of sp³-hybridized carbons (Fsp3) is 0.0476. The minimum absolute atomic E-state index is 0.541. The molecule has 0 bridgehead atoms. The lowest BCUT2D eigenvalue weighted by Crippen LogP contribution is -2.00. The lowest BCUT2D eigenvalue weighted by atomic mass is 10.2. The average Bonchev–Trinajstić information content (AvgIpc) is 2.74. The summed E-state index contributed by atoms with van der Waals surface area (Å²) >= 11 is 0. The van der Waals surface area contributed by atoms with Gasteiger partial charge >= 0.3 is 0 Å². The van der Waals surface area contributed by atoms with Crippen LogP contribution < -0.4 is 10.1 Å². The van der Waals surface area contributed by atoms with Gasteiger partial charge in [0, 0.05) is 17.4 Å². The van der Waals surface area contributed by atoms with Crippen molar-refractivity contribution >= 4 is 22.5 Å². The molecule has 0 aliphatic heterocycles. The van der Waals surface area contributed by atoms with Crippen molar-refractivity contribution in [3.8, 4) is 23.2 Å². The molecule has 1 N–H and O–H groups in total. The number of ether oxygens (including phenoxy) is 1. The van der Waals surface area contributed by atoms with Crippen LogP contribution in [0.25, 0.3) is 22.4 Å². The van der Waals surface area contributed by atoms with Crippen molar-refractivity contribution < 1.29 is 4.74 Å². The standard InChI is InChI=1S/C21H15N5O/c1-27-17-8-3-6-15(12-17)19-25-20-18(9-4-10-23-20)21(26-19)24-16-7-2-5-14(11-16)13-22/h2-12H,1H3,(H,23,24,25,26). The highest BCUT2D eigenvalue weighted by Crippen LogP contribution is 2.28. The number of rotatable bonds is 4. The van der Waals surface area contributed by atoms with E-state index in [-0.39, 0.29) is 0 Å². The van der Waals surface area contributed by atoms with E-state index in [1.54, 1.807) is 25.4 Å². The summed E-state index contributed by atoms with van der Waals surface area (Å²) in [5.41, 5.74) is 2.76. The predicted molar refractivity (Wildman–Crippen MR) is 104 cm³/mol. The molecule has 2 aromatic carbocycles. The number of anilines is 2. The lowest BCUT2D eigenvalue weighted by Gasteiger charge is -2.11. The van der Waals surface area contributed by atoms with Gasteiger partial charge in [-0.25, -0.2) is 15.0 Å². The van der Waals surface area contributed by atoms with Gasteiger partial charge in [-0.05, 0) is 42.5 Å². The molecule has 4 aromatic rings. The van der Waals surface area contributed by atoms with Crippen molar-refractivity contribution in [2.24, 2.45) is 0 Å². The summed E-state index contributed by atoms with van der Waals surface area (Å²) in [5.74, 6) is 1.90. The molecule has 6 nitrogen and oxygen atoms in total. The van der Waals surface area contributed by atoms with Crippen molar-refractivity contribution in [3.63, 3.8) is 0 Å². The summed E-state index contributed by atoms with van der Waals surface area (Å²) in [6.07, 6.45) is 1.70. The quantitative estimate of drug-likeness (QED) is 0.588. The van der Waals surface area contributed by atoms with E-state index < -0.39 is 0 Å². The number of fused-ring (bicyclic) bond motifs is 1. The molecule has 27 heavy (non-hydrogen) atoms. The molecule has 0 spiro atoms. The molecular formula is C21H15N5O. The highest BCUT2D eigenvalue weighted by Gasteiger charge is 2.11. The third kappa shape index (κ3) is 3.39. The van der Waals surface area contributed by atoms with Gasteiger partial charge in [-0.3, -0.25) is 0 Å². The van der Waals surface area contributed by atoms with Crippen molar-refractivity contribution in [3.05, 3.63) is 72.4 Å². The summed E-state index contributed by atoms with van der Waals surface area (Å²) in [6, 6.07) is 20.7. The van der Waals surface area contributed by atoms with Gasteiger partial charge in [0.15, 0.2) is 11.5 Å². The second-order valence-electron chi connectivity index (χ2n) is 5.82. The van der Waals surface area contributed by atoms with E-state index in [1.165, 1.54) is 0 Å². The Bertz CT molecular complexity index is 1170. The number of methoxy groups -OCH3 is 1. The monoisotopic (exact) mass is 353 g/mol. The van der Waals surface area contributed by atoms with Gasteiger partial charge in [-0.15, -0.1) is 0 Å². The van der Waals surface area contributed by atoms with Crippen molar-refractivity contribution in [1.82, 2.24) is 15.0 Å². The van der Waals surface area contributed by atoms with Crippen LogP contribution in [0.2, 0.25) is 0 Å². The Balaban J connectivity index is 1.84. The van der Waals surface area contributed by atoms with Crippen LogP contribution in [0.1, 0.15) is 5.56 Å². The Morgan fingerprint density at radius 3 is 2.74 bits per heavy atom. The number of pyridine rings is 1. The smallest absolute Gasteiger partial charge is 0.165 e. The van der Waals surface area contributed by atoms with E-state index >= 15 is 0 Å². The molecule has 4 rings (SSSR count). The third-order valence-corrected chi connectivity index (χ3v) is 4.05. The molecule has 130 valence electrons. The van der Waals surface area contributed by atoms with E-state index in [2.05, 4.69) is 21.4 Å². The van der Waals surface area contributed by atoms with Gasteiger partial charge in [0.05, 0.1) is 24.1 Å². The van der Waals surface area contributed by atoms with Crippen LogP contribution >= 0.6 is 0 Å². The highest BCUT2D eigenvalue weighted by molar-refractivity contribution is 5.90. The van der Waals surface area contributed by atoms with Gasteiger partial charge in [-0.2, -0.15) is 5.26 Å². The van der Waals surface area contributed by atoms with Gasteiger partial charge in [0.2, 0.25) is 0 Å². The molecule has 2 aromatic heterocycles. The predicted octanol–water partition coefficient (Wildman–Crippen LogP) is 4.32. The van der Waals surface area contributed by atoms with Crippen LogP contribution in [0.4, 0.5) is 11.5 Å². The summed E-state index contributed by atoms with van der Waals surface area (Å²) in [4.78, 5) is 13.7. The largest absolute Gasteiger partial charge is 0.497 e. The molecule has 0 aliphatic carbocycles. The van der Waals surface area contributed by atoms with Crippen molar-refractivity contribution in [2.45, 2.75) is 0 Å². The Morgan fingerprint density at radius 2 is 1.89 bits per heavy atom. The fourth-order valence-corrected chi connectivity index (χ4v) is 2.75. The second-order valence-corrected chi connectivity index (χ2v) is 5.82. The first kappa shape index (κ1) is 16.5. The van der Waals surface area contributed by atoms with E-state index in [0.29, 0.717) is 22.9 Å². The van der Waals surface area contributed by atoms with Crippen LogP contribution in [0.15, 0.2) is 66.9 Å². The van der Waals surface area contributed by atoms with Crippen LogP contribution in [0.5, 0.6) is 5.75 Å². The van der Waals surface area contributed by atoms with E-state index in [4.69, 9.17) is 15.0 Å². The SMILES string of the molecule is COc1cccc(-c2nc(Nc3cccc(C#N)c3)c3cccnc3n2)c1. The van der Waals surface area contributed by atoms with Gasteiger partial charge < -0.3 is 10.1 Å². The second kappa shape index (κ2) is 7.10. The molecule has 0 saturated carbocycles. The number of hydrogen-bond acceptors (Lipinski definition) is 6. The Kier molecular flexibility index (Phi) is 4.33. The summed E-state index contributed by atoms with van der Waals surface area (Å²) in [7, 11) is 1.62. The average molecular weight is 353 g/mol. The van der Waals surface area contributed by atoms with E-state index in [0.717, 1.165) is 22.4 Å². The molecule has 0 aliphatic rings. The van der Waals surface area contributed by atoms with Crippen LogP contribution in [-0.4, -0.2) is 22.1 Å². The molecule has 0 atom stereocenters. The maximum atomic E-state index is 9.12.